The number of ether oxygens (including phenoxy) is 1. The van der Waals surface area contributed by atoms with Gasteiger partial charge in [0, 0.05) is 23.5 Å². The third-order valence-electron chi connectivity index (χ3n) is 4.86. The molecule has 0 radical (unpaired) electrons. The SMILES string of the molecule is CCc1ccccc1NC(=O)COC(=O)CCC(=O)N(c1ccccc1)c1ccccc1. The molecule has 0 aliphatic rings. The lowest BCUT2D eigenvalue weighted by Gasteiger charge is -2.23. The Morgan fingerprint density at radius 2 is 1.34 bits per heavy atom. The second kappa shape index (κ2) is 11.5. The van der Waals surface area contributed by atoms with Gasteiger partial charge in [-0.1, -0.05) is 61.5 Å². The number of hydrogen-bond acceptors (Lipinski definition) is 4. The smallest absolute Gasteiger partial charge is 0.306 e. The highest BCUT2D eigenvalue weighted by Crippen LogP contribution is 2.26. The normalized spacial score (nSPS) is 10.3. The third-order valence-corrected chi connectivity index (χ3v) is 4.86. The second-order valence-electron chi connectivity index (χ2n) is 7.12. The second-order valence-corrected chi connectivity index (χ2v) is 7.12. The van der Waals surface area contributed by atoms with Crippen molar-refractivity contribution in [3.05, 3.63) is 90.5 Å². The quantitative estimate of drug-likeness (QED) is 0.491. The Kier molecular flexibility index (Phi) is 8.15. The van der Waals surface area contributed by atoms with E-state index in [9.17, 15) is 14.4 Å². The zero-order valence-corrected chi connectivity index (χ0v) is 18.0. The van der Waals surface area contributed by atoms with Gasteiger partial charge in [-0.15, -0.1) is 0 Å². The summed E-state index contributed by atoms with van der Waals surface area (Å²) in [7, 11) is 0. The molecule has 164 valence electrons. The van der Waals surface area contributed by atoms with Crippen molar-refractivity contribution in [1.82, 2.24) is 0 Å². The van der Waals surface area contributed by atoms with E-state index in [1.165, 1.54) is 0 Å². The van der Waals surface area contributed by atoms with Crippen LogP contribution in [0.3, 0.4) is 0 Å². The number of esters is 1. The van der Waals surface area contributed by atoms with Gasteiger partial charge < -0.3 is 10.1 Å². The first kappa shape index (κ1) is 22.7. The topological polar surface area (TPSA) is 75.7 Å². The van der Waals surface area contributed by atoms with Crippen LogP contribution in [0.2, 0.25) is 0 Å². The van der Waals surface area contributed by atoms with E-state index >= 15 is 0 Å². The van der Waals surface area contributed by atoms with Crippen LogP contribution in [0.25, 0.3) is 0 Å². The molecule has 3 rings (SSSR count). The zero-order chi connectivity index (χ0) is 22.8. The lowest BCUT2D eigenvalue weighted by Crippen LogP contribution is -2.27. The summed E-state index contributed by atoms with van der Waals surface area (Å²) >= 11 is 0. The number of carbonyl (C=O) groups excluding carboxylic acids is 3. The van der Waals surface area contributed by atoms with Gasteiger partial charge in [0.1, 0.15) is 0 Å². The van der Waals surface area contributed by atoms with Crippen LogP contribution < -0.4 is 10.2 Å². The maximum Gasteiger partial charge on any atom is 0.306 e. The number of hydrogen-bond donors (Lipinski definition) is 1. The van der Waals surface area contributed by atoms with Gasteiger partial charge in [-0.05, 0) is 42.3 Å². The van der Waals surface area contributed by atoms with E-state index < -0.39 is 18.5 Å². The van der Waals surface area contributed by atoms with E-state index in [-0.39, 0.29) is 18.7 Å². The molecule has 6 heteroatoms. The Labute approximate surface area is 187 Å². The van der Waals surface area contributed by atoms with Crippen molar-refractivity contribution in [2.24, 2.45) is 0 Å². The first-order chi connectivity index (χ1) is 15.6. The van der Waals surface area contributed by atoms with E-state index in [1.54, 1.807) is 11.0 Å². The van der Waals surface area contributed by atoms with Crippen molar-refractivity contribution < 1.29 is 19.1 Å². The Hall–Kier alpha value is -3.93. The summed E-state index contributed by atoms with van der Waals surface area (Å²) in [5.41, 5.74) is 3.13. The fourth-order valence-corrected chi connectivity index (χ4v) is 3.27. The fraction of sp³-hybridized carbons (Fsp3) is 0.192. The highest BCUT2D eigenvalue weighted by Gasteiger charge is 2.19. The standard InChI is InChI=1S/C26H26N2O4/c1-2-20-11-9-10-16-23(20)27-24(29)19-32-26(31)18-17-25(30)28(21-12-5-3-6-13-21)22-14-7-4-8-15-22/h3-16H,2,17-19H2,1H3,(H,27,29). The van der Waals surface area contributed by atoms with Crippen LogP contribution in [0.15, 0.2) is 84.9 Å². The predicted molar refractivity (Wildman–Crippen MR) is 125 cm³/mol. The number of nitrogens with zero attached hydrogens (tertiary/aromatic N) is 1. The van der Waals surface area contributed by atoms with E-state index in [4.69, 9.17) is 4.74 Å². The molecule has 0 heterocycles. The fourth-order valence-electron chi connectivity index (χ4n) is 3.27. The van der Waals surface area contributed by atoms with E-state index in [0.717, 1.165) is 12.0 Å². The van der Waals surface area contributed by atoms with E-state index in [0.29, 0.717) is 17.1 Å². The molecule has 6 nitrogen and oxygen atoms in total. The van der Waals surface area contributed by atoms with Crippen LogP contribution in [0.1, 0.15) is 25.3 Å². The summed E-state index contributed by atoms with van der Waals surface area (Å²) in [6.45, 7) is 1.60. The Morgan fingerprint density at radius 1 is 0.781 bits per heavy atom. The number of benzene rings is 3. The molecule has 0 unspecified atom stereocenters. The number of aryl methyl sites for hydroxylation is 1. The monoisotopic (exact) mass is 430 g/mol. The highest BCUT2D eigenvalue weighted by atomic mass is 16.5. The Morgan fingerprint density at radius 3 is 1.94 bits per heavy atom. The minimum absolute atomic E-state index is 0.0388. The number of nitrogens with one attached hydrogen (secondary N) is 1. The molecule has 0 spiro atoms. The number of amides is 2. The van der Waals surface area contributed by atoms with Crippen molar-refractivity contribution in [2.75, 3.05) is 16.8 Å². The molecule has 0 aliphatic carbocycles. The molecule has 32 heavy (non-hydrogen) atoms. The van der Waals surface area contributed by atoms with Gasteiger partial charge in [-0.2, -0.15) is 0 Å². The average Bonchev–Trinajstić information content (AvgIpc) is 2.83. The van der Waals surface area contributed by atoms with Gasteiger partial charge in [-0.25, -0.2) is 0 Å². The summed E-state index contributed by atoms with van der Waals surface area (Å²) in [5, 5.41) is 2.75. The van der Waals surface area contributed by atoms with Crippen molar-refractivity contribution in [3.8, 4) is 0 Å². The van der Waals surface area contributed by atoms with E-state index in [1.807, 2.05) is 85.8 Å². The summed E-state index contributed by atoms with van der Waals surface area (Å²) in [6.07, 6.45) is 0.619. The predicted octanol–water partition coefficient (Wildman–Crippen LogP) is 4.88. The lowest BCUT2D eigenvalue weighted by atomic mass is 10.1. The van der Waals surface area contributed by atoms with Crippen LogP contribution in [0.4, 0.5) is 17.1 Å². The Bertz CT molecular complexity index is 1010. The van der Waals surface area contributed by atoms with Gasteiger partial charge in [0.15, 0.2) is 6.61 Å². The number of rotatable bonds is 9. The third kappa shape index (κ3) is 6.28. The van der Waals surface area contributed by atoms with Crippen molar-refractivity contribution >= 4 is 34.8 Å². The molecule has 3 aromatic carbocycles. The molecule has 3 aromatic rings. The molecule has 0 fully saturated rings. The number of para-hydroxylation sites is 3. The van der Waals surface area contributed by atoms with Gasteiger partial charge >= 0.3 is 5.97 Å². The van der Waals surface area contributed by atoms with Gasteiger partial charge in [0.25, 0.3) is 5.91 Å². The molecule has 0 bridgehead atoms. The van der Waals surface area contributed by atoms with Crippen LogP contribution in [-0.2, 0) is 25.5 Å². The molecule has 0 aliphatic heterocycles. The molecule has 2 amide bonds. The summed E-state index contributed by atoms with van der Waals surface area (Å²) in [6, 6.07) is 26.0. The largest absolute Gasteiger partial charge is 0.456 e. The molecular weight excluding hydrogens is 404 g/mol. The lowest BCUT2D eigenvalue weighted by molar-refractivity contribution is -0.148. The van der Waals surface area contributed by atoms with Crippen LogP contribution >= 0.6 is 0 Å². The molecule has 0 aromatic heterocycles. The van der Waals surface area contributed by atoms with Crippen LogP contribution in [-0.4, -0.2) is 24.4 Å². The molecule has 0 saturated carbocycles. The summed E-state index contributed by atoms with van der Waals surface area (Å²) in [5.74, 6) is -1.25. The number of anilines is 3. The summed E-state index contributed by atoms with van der Waals surface area (Å²) in [4.78, 5) is 38.8. The van der Waals surface area contributed by atoms with Crippen molar-refractivity contribution in [1.29, 1.82) is 0 Å². The molecule has 0 saturated heterocycles. The van der Waals surface area contributed by atoms with Gasteiger partial charge in [0.2, 0.25) is 5.91 Å². The minimum atomic E-state index is -0.599. The maximum absolute atomic E-state index is 12.9. The van der Waals surface area contributed by atoms with Gasteiger partial charge in [-0.3, -0.25) is 19.3 Å². The first-order valence-corrected chi connectivity index (χ1v) is 10.5. The molecule has 0 atom stereocenters. The minimum Gasteiger partial charge on any atom is -0.456 e. The maximum atomic E-state index is 12.9. The summed E-state index contributed by atoms with van der Waals surface area (Å²) < 4.78 is 5.07. The highest BCUT2D eigenvalue weighted by molar-refractivity contribution is 6.01. The molecule has 1 N–H and O–H groups in total. The molecular formula is C26H26N2O4. The van der Waals surface area contributed by atoms with Crippen LogP contribution in [0.5, 0.6) is 0 Å². The first-order valence-electron chi connectivity index (χ1n) is 10.5. The average molecular weight is 431 g/mol. The zero-order valence-electron chi connectivity index (χ0n) is 18.0. The van der Waals surface area contributed by atoms with E-state index in [2.05, 4.69) is 5.32 Å². The van der Waals surface area contributed by atoms with Crippen LogP contribution in [0, 0.1) is 0 Å². The van der Waals surface area contributed by atoms with Crippen molar-refractivity contribution in [3.63, 3.8) is 0 Å². The van der Waals surface area contributed by atoms with Gasteiger partial charge in [0.05, 0.1) is 6.42 Å². The number of carbonyl (C=O) groups is 3. The Balaban J connectivity index is 1.54. The van der Waals surface area contributed by atoms with Crippen molar-refractivity contribution in [2.45, 2.75) is 26.2 Å².